The van der Waals surface area contributed by atoms with E-state index in [1.54, 1.807) is 68.5 Å². The molecule has 0 radical (unpaired) electrons. The van der Waals surface area contributed by atoms with Crippen molar-refractivity contribution in [3.05, 3.63) is 124 Å². The van der Waals surface area contributed by atoms with E-state index in [1.165, 1.54) is 12.2 Å². The zero-order chi connectivity index (χ0) is 38.7. The Hall–Kier alpha value is -5.63. The van der Waals surface area contributed by atoms with Gasteiger partial charge in [0.15, 0.2) is 5.79 Å². The summed E-state index contributed by atoms with van der Waals surface area (Å²) in [7, 11) is 0. The predicted octanol–water partition coefficient (Wildman–Crippen LogP) is 3.37. The van der Waals surface area contributed by atoms with Crippen molar-refractivity contribution in [3.8, 4) is 0 Å². The number of rotatable bonds is 11. The second-order valence-corrected chi connectivity index (χ2v) is 14.8. The van der Waals surface area contributed by atoms with Crippen molar-refractivity contribution in [3.63, 3.8) is 0 Å². The molecular weight excluding hydrogens is 708 g/mol. The number of aliphatic hydroxyl groups excluding tert-OH is 1. The number of hydrogen-bond acceptors (Lipinski definition) is 11. The van der Waals surface area contributed by atoms with Crippen molar-refractivity contribution >= 4 is 35.8 Å². The lowest BCUT2D eigenvalue weighted by atomic mass is 9.90. The molecule has 3 aromatic carbocycles. The highest BCUT2D eigenvalue weighted by Crippen LogP contribution is 2.45. The molecule has 2 aliphatic heterocycles. The van der Waals surface area contributed by atoms with Gasteiger partial charge in [-0.1, -0.05) is 62.4 Å². The van der Waals surface area contributed by atoms with E-state index in [0.29, 0.717) is 35.1 Å². The van der Waals surface area contributed by atoms with Crippen molar-refractivity contribution in [2.24, 2.45) is 5.41 Å². The van der Waals surface area contributed by atoms with Gasteiger partial charge >= 0.3 is 17.9 Å². The average Bonchev–Trinajstić information content (AvgIpc) is 3.82. The van der Waals surface area contributed by atoms with Crippen LogP contribution in [-0.4, -0.2) is 84.8 Å². The van der Waals surface area contributed by atoms with E-state index in [9.17, 15) is 24.0 Å². The number of amides is 2. The van der Waals surface area contributed by atoms with Gasteiger partial charge in [0.2, 0.25) is 12.0 Å². The van der Waals surface area contributed by atoms with Gasteiger partial charge in [0, 0.05) is 55.0 Å². The fourth-order valence-corrected chi connectivity index (χ4v) is 7.24. The van der Waals surface area contributed by atoms with Crippen molar-refractivity contribution in [2.45, 2.75) is 69.9 Å². The minimum Gasteiger partial charge on any atom is -0.462 e. The van der Waals surface area contributed by atoms with Crippen LogP contribution in [0.2, 0.25) is 0 Å². The lowest BCUT2D eigenvalue weighted by molar-refractivity contribution is -0.172. The number of ether oxygens (including phenoxy) is 5. The van der Waals surface area contributed by atoms with Gasteiger partial charge in [-0.05, 0) is 58.7 Å². The summed E-state index contributed by atoms with van der Waals surface area (Å²) in [6.45, 7) is 3.81. The monoisotopic (exact) mass is 750 g/mol. The maximum atomic E-state index is 13.6. The van der Waals surface area contributed by atoms with Gasteiger partial charge in [-0.15, -0.1) is 0 Å². The average molecular weight is 751 g/mol. The molecule has 4 aliphatic rings. The SMILES string of the molecule is CC1(C)COC(=O)[C@@H]1OC(=O)C=Cc1ccc(C(=O)O[C@@H]2CC(C(=O)NCc3cccc(C(=O)NCCO)c3)=C[C@H]3OC4(Cc5ccccc5C4)O[C@H]32)cc1. The van der Waals surface area contributed by atoms with E-state index >= 15 is 0 Å². The molecule has 55 heavy (non-hydrogen) atoms. The summed E-state index contributed by atoms with van der Waals surface area (Å²) in [6.07, 6.45) is 2.37. The summed E-state index contributed by atoms with van der Waals surface area (Å²) < 4.78 is 29.6. The Morgan fingerprint density at radius 2 is 1.64 bits per heavy atom. The molecule has 0 unspecified atom stereocenters. The normalized spacial score (nSPS) is 23.0. The minimum absolute atomic E-state index is 0.0724. The van der Waals surface area contributed by atoms with Gasteiger partial charge in [0.25, 0.3) is 5.91 Å². The molecule has 0 bridgehead atoms. The van der Waals surface area contributed by atoms with E-state index in [4.69, 9.17) is 28.8 Å². The number of hydrogen-bond donors (Lipinski definition) is 3. The Morgan fingerprint density at radius 1 is 0.891 bits per heavy atom. The van der Waals surface area contributed by atoms with Crippen LogP contribution in [-0.2, 0) is 57.5 Å². The molecule has 4 atom stereocenters. The Labute approximate surface area is 317 Å². The first-order valence-corrected chi connectivity index (χ1v) is 18.2. The minimum atomic E-state index is -0.995. The van der Waals surface area contributed by atoms with Crippen molar-refractivity contribution < 1.29 is 52.8 Å². The summed E-state index contributed by atoms with van der Waals surface area (Å²) in [5.41, 5.74) is 3.90. The van der Waals surface area contributed by atoms with Crippen molar-refractivity contribution in [1.82, 2.24) is 10.6 Å². The molecule has 7 rings (SSSR count). The third-order valence-corrected chi connectivity index (χ3v) is 10.1. The summed E-state index contributed by atoms with van der Waals surface area (Å²) in [5, 5.41) is 14.6. The molecule has 1 spiro atoms. The number of aliphatic hydroxyl groups is 1. The molecule has 2 amide bonds. The van der Waals surface area contributed by atoms with Gasteiger partial charge in [-0.3, -0.25) is 9.59 Å². The highest BCUT2D eigenvalue weighted by molar-refractivity contribution is 5.95. The third kappa shape index (κ3) is 8.39. The smallest absolute Gasteiger partial charge is 0.348 e. The Balaban J connectivity index is 1.03. The molecule has 2 aliphatic carbocycles. The highest BCUT2D eigenvalue weighted by Gasteiger charge is 2.55. The van der Waals surface area contributed by atoms with Gasteiger partial charge in [0.05, 0.1) is 12.2 Å². The van der Waals surface area contributed by atoms with E-state index < -0.39 is 53.5 Å². The van der Waals surface area contributed by atoms with Gasteiger partial charge in [-0.25, -0.2) is 14.4 Å². The van der Waals surface area contributed by atoms with Crippen LogP contribution in [0.15, 0.2) is 90.5 Å². The standard InChI is InChI=1S/C42H42N2O11/c1-41(2)24-51-40(50)36(41)53-34(46)15-12-25-10-13-27(14-11-25)39(49)52-32-19-31(38(48)44-23-26-6-5-9-28(18-26)37(47)43-16-17-45)20-33-35(32)55-42(54-33)21-29-7-3-4-8-30(29)22-42/h3-15,18,20,32-33,35-36,45H,16-17,19,21-24H2,1-2H3,(H,43,47)(H,44,48)/t32-,33-,35+,36+/m1/s1. The lowest BCUT2D eigenvalue weighted by Crippen LogP contribution is -2.43. The maximum absolute atomic E-state index is 13.6. The number of benzene rings is 3. The molecule has 13 nitrogen and oxygen atoms in total. The van der Waals surface area contributed by atoms with Crippen LogP contribution in [0.5, 0.6) is 0 Å². The number of carbonyl (C=O) groups is 5. The molecule has 13 heteroatoms. The first-order chi connectivity index (χ1) is 26.4. The zero-order valence-electron chi connectivity index (χ0n) is 30.4. The number of fused-ring (bicyclic) bond motifs is 2. The third-order valence-electron chi connectivity index (χ3n) is 10.1. The van der Waals surface area contributed by atoms with E-state index in [0.717, 1.165) is 11.1 Å². The fourth-order valence-electron chi connectivity index (χ4n) is 7.24. The van der Waals surface area contributed by atoms with Crippen molar-refractivity contribution in [1.29, 1.82) is 0 Å². The van der Waals surface area contributed by atoms with Crippen molar-refractivity contribution in [2.75, 3.05) is 19.8 Å². The molecule has 2 fully saturated rings. The first kappa shape index (κ1) is 37.7. The lowest BCUT2D eigenvalue weighted by Gasteiger charge is -2.30. The highest BCUT2D eigenvalue weighted by atomic mass is 16.8. The fraction of sp³-hybridized carbons (Fsp3) is 0.357. The molecule has 2 saturated heterocycles. The van der Waals surface area contributed by atoms with Crippen LogP contribution < -0.4 is 10.6 Å². The molecule has 3 N–H and O–H groups in total. The maximum Gasteiger partial charge on any atom is 0.348 e. The number of esters is 3. The summed E-state index contributed by atoms with van der Waals surface area (Å²) >= 11 is 0. The van der Waals surface area contributed by atoms with E-state index in [-0.39, 0.29) is 50.1 Å². The largest absolute Gasteiger partial charge is 0.462 e. The molecule has 286 valence electrons. The molecule has 3 aromatic rings. The molecular formula is C42H42N2O11. The van der Waals surface area contributed by atoms with Crippen LogP contribution >= 0.6 is 0 Å². The van der Waals surface area contributed by atoms with Crippen LogP contribution in [0.1, 0.15) is 63.2 Å². The topological polar surface area (TPSA) is 176 Å². The van der Waals surface area contributed by atoms with Gasteiger partial charge < -0.3 is 39.4 Å². The predicted molar refractivity (Wildman–Crippen MR) is 196 cm³/mol. The van der Waals surface area contributed by atoms with Gasteiger partial charge in [-0.2, -0.15) is 0 Å². The Bertz CT molecular complexity index is 2030. The number of carbonyl (C=O) groups excluding carboxylic acids is 5. The zero-order valence-corrected chi connectivity index (χ0v) is 30.4. The van der Waals surface area contributed by atoms with Crippen LogP contribution in [0, 0.1) is 5.41 Å². The van der Waals surface area contributed by atoms with Gasteiger partial charge in [0.1, 0.15) is 24.9 Å². The second kappa shape index (κ2) is 15.6. The molecule has 2 heterocycles. The van der Waals surface area contributed by atoms with E-state index in [2.05, 4.69) is 10.6 Å². The Morgan fingerprint density at radius 3 is 2.33 bits per heavy atom. The summed E-state index contributed by atoms with van der Waals surface area (Å²) in [4.78, 5) is 64.0. The molecule has 0 aromatic heterocycles. The van der Waals surface area contributed by atoms with E-state index in [1.807, 2.05) is 24.3 Å². The molecule has 0 saturated carbocycles. The number of nitrogens with one attached hydrogen (secondary N) is 2. The quantitative estimate of drug-likeness (QED) is 0.149. The summed E-state index contributed by atoms with van der Waals surface area (Å²) in [6, 6.07) is 21.2. The first-order valence-electron chi connectivity index (χ1n) is 18.2. The number of cyclic esters (lactones) is 1. The van der Waals surface area contributed by atoms with Crippen LogP contribution in [0.4, 0.5) is 0 Å². The second-order valence-electron chi connectivity index (χ2n) is 14.8. The van der Waals surface area contributed by atoms with Crippen LogP contribution in [0.3, 0.4) is 0 Å². The summed E-state index contributed by atoms with van der Waals surface area (Å²) in [5.74, 6) is -3.58. The Kier molecular flexibility index (Phi) is 10.7. The van der Waals surface area contributed by atoms with Crippen LogP contribution in [0.25, 0.3) is 6.08 Å².